The molecule has 0 saturated carbocycles. The first-order chi connectivity index (χ1) is 14.9. The maximum Gasteiger partial charge on any atom is 0.332 e. The molecular formula is C21H17ClFN3O3S2. The topological polar surface area (TPSA) is 73.1 Å². The van der Waals surface area contributed by atoms with Gasteiger partial charge in [0.1, 0.15) is 17.1 Å². The van der Waals surface area contributed by atoms with Crippen molar-refractivity contribution in [1.29, 1.82) is 0 Å². The van der Waals surface area contributed by atoms with Crippen LogP contribution in [0.1, 0.15) is 10.4 Å². The zero-order valence-electron chi connectivity index (χ0n) is 16.1. The number of halogens is 2. The van der Waals surface area contributed by atoms with Crippen molar-refractivity contribution in [3.63, 3.8) is 0 Å². The monoisotopic (exact) mass is 477 g/mol. The van der Waals surface area contributed by atoms with Crippen LogP contribution in [0.4, 0.5) is 4.39 Å². The van der Waals surface area contributed by atoms with Crippen molar-refractivity contribution in [2.24, 2.45) is 0 Å². The van der Waals surface area contributed by atoms with Crippen molar-refractivity contribution in [2.45, 2.75) is 26.1 Å². The highest BCUT2D eigenvalue weighted by atomic mass is 35.5. The third-order valence-electron chi connectivity index (χ3n) is 4.77. The maximum atomic E-state index is 13.3. The average molecular weight is 478 g/mol. The first-order valence-electron chi connectivity index (χ1n) is 9.38. The molecule has 1 aromatic carbocycles. The second-order valence-corrected chi connectivity index (χ2v) is 9.17. The number of thiophene rings is 2. The highest BCUT2D eigenvalue weighted by molar-refractivity contribution is 7.17. The lowest BCUT2D eigenvalue weighted by molar-refractivity contribution is -0.121. The Morgan fingerprint density at radius 1 is 1.10 bits per heavy atom. The van der Waals surface area contributed by atoms with Gasteiger partial charge in [-0.05, 0) is 47.0 Å². The molecular weight excluding hydrogens is 461 g/mol. The van der Waals surface area contributed by atoms with Gasteiger partial charge in [0.2, 0.25) is 5.91 Å². The minimum Gasteiger partial charge on any atom is -0.350 e. The number of carbonyl (C=O) groups excluding carboxylic acids is 1. The van der Waals surface area contributed by atoms with Gasteiger partial charge in [-0.15, -0.1) is 22.7 Å². The molecule has 0 bridgehead atoms. The van der Waals surface area contributed by atoms with Gasteiger partial charge in [-0.1, -0.05) is 23.7 Å². The smallest absolute Gasteiger partial charge is 0.332 e. The molecule has 4 aromatic rings. The largest absolute Gasteiger partial charge is 0.350 e. The lowest BCUT2D eigenvalue weighted by Gasteiger charge is -2.12. The van der Waals surface area contributed by atoms with Crippen molar-refractivity contribution in [3.05, 3.63) is 89.3 Å². The van der Waals surface area contributed by atoms with E-state index in [0.717, 1.165) is 4.88 Å². The van der Waals surface area contributed by atoms with E-state index in [0.29, 0.717) is 22.2 Å². The number of rotatable bonds is 7. The molecule has 0 saturated heterocycles. The van der Waals surface area contributed by atoms with E-state index < -0.39 is 17.4 Å². The molecule has 1 N–H and O–H groups in total. The predicted octanol–water partition coefficient (Wildman–Crippen LogP) is 3.64. The lowest BCUT2D eigenvalue weighted by atomic mass is 10.2. The van der Waals surface area contributed by atoms with Crippen molar-refractivity contribution in [3.8, 4) is 0 Å². The fourth-order valence-corrected chi connectivity index (χ4v) is 4.95. The van der Waals surface area contributed by atoms with E-state index in [1.165, 1.54) is 38.7 Å². The maximum absolute atomic E-state index is 13.3. The molecule has 160 valence electrons. The normalized spacial score (nSPS) is 11.2. The van der Waals surface area contributed by atoms with Crippen LogP contribution in [0.25, 0.3) is 10.2 Å². The summed E-state index contributed by atoms with van der Waals surface area (Å²) in [5.74, 6) is -0.938. The van der Waals surface area contributed by atoms with Crippen molar-refractivity contribution >= 4 is 50.4 Å². The lowest BCUT2D eigenvalue weighted by Crippen LogP contribution is -2.42. The highest BCUT2D eigenvalue weighted by Gasteiger charge is 2.16. The summed E-state index contributed by atoms with van der Waals surface area (Å²) >= 11 is 8.57. The summed E-state index contributed by atoms with van der Waals surface area (Å²) in [6.45, 7) is 0.139. The molecule has 0 aliphatic heterocycles. The standard InChI is InChI=1S/C21H17ClFN3O3S2/c22-15-10-13(3-4-16(15)23)11-24-18(27)12-26-17-6-9-31-19(17)20(28)25(21(26)29)7-5-14-2-1-8-30-14/h1-4,6,8-10H,5,7,11-12H2,(H,24,27). The summed E-state index contributed by atoms with van der Waals surface area (Å²) in [5, 5.41) is 6.35. The summed E-state index contributed by atoms with van der Waals surface area (Å²) in [6, 6.07) is 9.72. The van der Waals surface area contributed by atoms with Crippen LogP contribution in [0.2, 0.25) is 5.02 Å². The van der Waals surface area contributed by atoms with Gasteiger partial charge in [0.25, 0.3) is 5.56 Å². The Kier molecular flexibility index (Phi) is 6.35. The van der Waals surface area contributed by atoms with Gasteiger partial charge in [0.15, 0.2) is 0 Å². The molecule has 0 aliphatic rings. The molecule has 0 unspecified atom stereocenters. The summed E-state index contributed by atoms with van der Waals surface area (Å²) in [5.41, 5.74) is 0.206. The molecule has 3 heterocycles. The molecule has 6 nitrogen and oxygen atoms in total. The van der Waals surface area contributed by atoms with Crippen LogP contribution in [0.3, 0.4) is 0 Å². The van der Waals surface area contributed by atoms with E-state index in [1.807, 2.05) is 17.5 Å². The number of aromatic nitrogens is 2. The van der Waals surface area contributed by atoms with Crippen LogP contribution in [0.15, 0.2) is 56.7 Å². The minimum absolute atomic E-state index is 0.0271. The Balaban J connectivity index is 1.56. The van der Waals surface area contributed by atoms with E-state index in [1.54, 1.807) is 22.8 Å². The van der Waals surface area contributed by atoms with Crippen molar-refractivity contribution < 1.29 is 9.18 Å². The van der Waals surface area contributed by atoms with Crippen LogP contribution in [-0.2, 0) is 30.8 Å². The number of aryl methyl sites for hydroxylation is 1. The Hall–Kier alpha value is -2.75. The van der Waals surface area contributed by atoms with Gasteiger partial charge in [0, 0.05) is 18.0 Å². The first-order valence-corrected chi connectivity index (χ1v) is 11.5. The Morgan fingerprint density at radius 3 is 2.68 bits per heavy atom. The van der Waals surface area contributed by atoms with E-state index >= 15 is 0 Å². The fourth-order valence-electron chi connectivity index (χ4n) is 3.21. The van der Waals surface area contributed by atoms with Gasteiger partial charge >= 0.3 is 5.69 Å². The Bertz CT molecular complexity index is 1360. The number of hydrogen-bond acceptors (Lipinski definition) is 5. The Labute approximate surface area is 189 Å². The third kappa shape index (κ3) is 4.63. The molecule has 0 aliphatic carbocycles. The van der Waals surface area contributed by atoms with Gasteiger partial charge in [-0.3, -0.25) is 18.7 Å². The van der Waals surface area contributed by atoms with Gasteiger partial charge in [-0.25, -0.2) is 9.18 Å². The second-order valence-electron chi connectivity index (χ2n) is 6.82. The molecule has 10 heteroatoms. The first kappa shape index (κ1) is 21.5. The highest BCUT2D eigenvalue weighted by Crippen LogP contribution is 2.17. The predicted molar refractivity (Wildman–Crippen MR) is 122 cm³/mol. The average Bonchev–Trinajstić information content (AvgIpc) is 3.44. The summed E-state index contributed by atoms with van der Waals surface area (Å²) in [6.07, 6.45) is 0.557. The van der Waals surface area contributed by atoms with E-state index in [2.05, 4.69) is 5.32 Å². The summed E-state index contributed by atoms with van der Waals surface area (Å²) in [7, 11) is 0. The number of benzene rings is 1. The van der Waals surface area contributed by atoms with Gasteiger partial charge in [-0.2, -0.15) is 0 Å². The van der Waals surface area contributed by atoms with Crippen molar-refractivity contribution in [2.75, 3.05) is 0 Å². The van der Waals surface area contributed by atoms with Gasteiger partial charge in [0.05, 0.1) is 10.5 Å². The molecule has 0 radical (unpaired) electrons. The Morgan fingerprint density at radius 2 is 1.94 bits per heavy atom. The number of nitrogens with zero attached hydrogens (tertiary/aromatic N) is 2. The van der Waals surface area contributed by atoms with Crippen LogP contribution in [0.5, 0.6) is 0 Å². The zero-order valence-corrected chi connectivity index (χ0v) is 18.5. The molecule has 0 spiro atoms. The number of nitrogens with one attached hydrogen (secondary N) is 1. The molecule has 31 heavy (non-hydrogen) atoms. The van der Waals surface area contributed by atoms with Crippen LogP contribution < -0.4 is 16.6 Å². The SMILES string of the molecule is O=C(Cn1c(=O)n(CCc2cccs2)c(=O)c2sccc21)NCc1ccc(F)c(Cl)c1. The molecule has 4 rings (SSSR count). The van der Waals surface area contributed by atoms with E-state index in [4.69, 9.17) is 11.6 Å². The summed E-state index contributed by atoms with van der Waals surface area (Å²) in [4.78, 5) is 39.5. The molecule has 0 atom stereocenters. The summed E-state index contributed by atoms with van der Waals surface area (Å²) < 4.78 is 16.2. The van der Waals surface area contributed by atoms with E-state index in [-0.39, 0.29) is 30.2 Å². The van der Waals surface area contributed by atoms with Crippen molar-refractivity contribution in [1.82, 2.24) is 14.5 Å². The molecule has 3 aromatic heterocycles. The van der Waals surface area contributed by atoms with Gasteiger partial charge < -0.3 is 5.32 Å². The number of hydrogen-bond donors (Lipinski definition) is 1. The number of fused-ring (bicyclic) bond motifs is 1. The fraction of sp³-hybridized carbons (Fsp3) is 0.190. The van der Waals surface area contributed by atoms with Crippen LogP contribution >= 0.6 is 34.3 Å². The zero-order chi connectivity index (χ0) is 22.0. The number of amides is 1. The van der Waals surface area contributed by atoms with E-state index in [9.17, 15) is 18.8 Å². The second kappa shape index (κ2) is 9.17. The molecule has 0 fully saturated rings. The van der Waals surface area contributed by atoms with Crippen LogP contribution in [-0.4, -0.2) is 15.0 Å². The molecule has 1 amide bonds. The minimum atomic E-state index is -0.534. The van der Waals surface area contributed by atoms with Crippen LogP contribution in [0, 0.1) is 5.82 Å². The third-order valence-corrected chi connectivity index (χ3v) is 6.89. The quantitative estimate of drug-likeness (QED) is 0.441. The number of carbonyl (C=O) groups is 1.